The molecule has 18 heavy (non-hydrogen) atoms. The van der Waals surface area contributed by atoms with Crippen LogP contribution in [0.15, 0.2) is 22.7 Å². The monoisotopic (exact) mass is 246 g/mol. The summed E-state index contributed by atoms with van der Waals surface area (Å²) in [7, 11) is 0. The molecule has 0 saturated heterocycles. The fourth-order valence-corrected chi connectivity index (χ4v) is 1.74. The lowest BCUT2D eigenvalue weighted by atomic mass is 10.2. The lowest BCUT2D eigenvalue weighted by Crippen LogP contribution is -2.20. The van der Waals surface area contributed by atoms with Crippen LogP contribution in [-0.2, 0) is 0 Å². The molecule has 0 fully saturated rings. The van der Waals surface area contributed by atoms with Crippen LogP contribution in [0, 0.1) is 6.92 Å². The molecule has 2 aromatic rings. The molecule has 0 aromatic carbocycles. The molecular formula is C13H18N4O. The van der Waals surface area contributed by atoms with Gasteiger partial charge >= 0.3 is 0 Å². The minimum atomic E-state index is 0.120. The number of aromatic nitrogens is 3. The number of pyridine rings is 1. The highest BCUT2D eigenvalue weighted by molar-refractivity contribution is 5.50. The molecule has 2 aromatic heterocycles. The molecule has 96 valence electrons. The Labute approximate surface area is 107 Å². The van der Waals surface area contributed by atoms with Crippen LogP contribution in [0.3, 0.4) is 0 Å². The molecule has 0 aliphatic heterocycles. The molecule has 1 unspecified atom stereocenters. The molecule has 2 heterocycles. The average Bonchev–Trinajstić information content (AvgIpc) is 2.86. The second-order valence-electron chi connectivity index (χ2n) is 4.15. The summed E-state index contributed by atoms with van der Waals surface area (Å²) in [5.41, 5.74) is 1.82. The Bertz CT molecular complexity index is 492. The summed E-state index contributed by atoms with van der Waals surface area (Å²) in [5.74, 6) is 1.16. The molecule has 0 aliphatic carbocycles. The van der Waals surface area contributed by atoms with Crippen LogP contribution >= 0.6 is 0 Å². The Morgan fingerprint density at radius 1 is 1.28 bits per heavy atom. The predicted octanol–water partition coefficient (Wildman–Crippen LogP) is 2.50. The Hall–Kier alpha value is -1.75. The van der Waals surface area contributed by atoms with Gasteiger partial charge in [0, 0.05) is 11.9 Å². The first-order valence-corrected chi connectivity index (χ1v) is 6.24. The largest absolute Gasteiger partial charge is 0.419 e. The van der Waals surface area contributed by atoms with Crippen LogP contribution in [0.5, 0.6) is 0 Å². The number of nitrogens with one attached hydrogen (secondary N) is 1. The molecule has 0 radical (unpaired) electrons. The van der Waals surface area contributed by atoms with E-state index < -0.39 is 0 Å². The molecule has 5 nitrogen and oxygen atoms in total. The van der Waals surface area contributed by atoms with Gasteiger partial charge in [-0.2, -0.15) is 0 Å². The van der Waals surface area contributed by atoms with Crippen molar-refractivity contribution in [1.29, 1.82) is 0 Å². The minimum absolute atomic E-state index is 0.120. The summed E-state index contributed by atoms with van der Waals surface area (Å²) in [5, 5.41) is 11.5. The smallest absolute Gasteiger partial charge is 0.249 e. The summed E-state index contributed by atoms with van der Waals surface area (Å²) in [6.07, 6.45) is 2.67. The lowest BCUT2D eigenvalue weighted by molar-refractivity contribution is 0.402. The van der Waals surface area contributed by atoms with Crippen LogP contribution in [0.4, 0.5) is 0 Å². The molecule has 0 saturated carbocycles. The van der Waals surface area contributed by atoms with Gasteiger partial charge in [0.2, 0.25) is 11.8 Å². The summed E-state index contributed by atoms with van der Waals surface area (Å²) >= 11 is 0. The summed E-state index contributed by atoms with van der Waals surface area (Å²) < 4.78 is 5.69. The molecule has 1 N–H and O–H groups in total. The zero-order valence-corrected chi connectivity index (χ0v) is 11.0. The van der Waals surface area contributed by atoms with Crippen molar-refractivity contribution < 1.29 is 4.42 Å². The van der Waals surface area contributed by atoms with E-state index in [2.05, 4.69) is 34.3 Å². The molecule has 0 spiro atoms. The second kappa shape index (κ2) is 5.73. The zero-order chi connectivity index (χ0) is 13.0. The van der Waals surface area contributed by atoms with E-state index in [-0.39, 0.29) is 6.04 Å². The van der Waals surface area contributed by atoms with E-state index in [1.54, 1.807) is 6.20 Å². The predicted molar refractivity (Wildman–Crippen MR) is 69.0 cm³/mol. The topological polar surface area (TPSA) is 63.8 Å². The highest BCUT2D eigenvalue weighted by Crippen LogP contribution is 2.21. The van der Waals surface area contributed by atoms with Crippen molar-refractivity contribution in [2.75, 3.05) is 6.54 Å². The first-order chi connectivity index (χ1) is 8.74. The Kier molecular flexibility index (Phi) is 4.04. The van der Waals surface area contributed by atoms with Crippen molar-refractivity contribution >= 4 is 0 Å². The first-order valence-electron chi connectivity index (χ1n) is 6.24. The van der Waals surface area contributed by atoms with Crippen molar-refractivity contribution in [3.63, 3.8) is 0 Å². The number of hydrogen-bond donors (Lipinski definition) is 1. The van der Waals surface area contributed by atoms with Gasteiger partial charge in [-0.1, -0.05) is 13.8 Å². The van der Waals surface area contributed by atoms with Crippen molar-refractivity contribution in [3.8, 4) is 11.5 Å². The van der Waals surface area contributed by atoms with E-state index in [0.29, 0.717) is 11.8 Å². The normalized spacial score (nSPS) is 12.6. The molecule has 5 heteroatoms. The van der Waals surface area contributed by atoms with E-state index in [1.807, 2.05) is 19.1 Å². The van der Waals surface area contributed by atoms with Crippen LogP contribution in [-0.4, -0.2) is 21.7 Å². The lowest BCUT2D eigenvalue weighted by Gasteiger charge is -2.09. The van der Waals surface area contributed by atoms with E-state index in [9.17, 15) is 0 Å². The zero-order valence-electron chi connectivity index (χ0n) is 11.0. The molecule has 0 aliphatic rings. The maximum absolute atomic E-state index is 5.69. The third kappa shape index (κ3) is 2.73. The molecule has 1 atom stereocenters. The third-order valence-corrected chi connectivity index (χ3v) is 2.76. The van der Waals surface area contributed by atoms with Crippen molar-refractivity contribution in [2.45, 2.75) is 33.2 Å². The fourth-order valence-electron chi connectivity index (χ4n) is 1.74. The summed E-state index contributed by atoms with van der Waals surface area (Å²) in [4.78, 5) is 4.22. The maximum Gasteiger partial charge on any atom is 0.249 e. The van der Waals surface area contributed by atoms with Gasteiger partial charge in [-0.05, 0) is 32.0 Å². The molecular weight excluding hydrogens is 228 g/mol. The van der Waals surface area contributed by atoms with Gasteiger partial charge < -0.3 is 9.73 Å². The van der Waals surface area contributed by atoms with Crippen molar-refractivity contribution in [1.82, 2.24) is 20.5 Å². The van der Waals surface area contributed by atoms with Gasteiger partial charge in [-0.15, -0.1) is 10.2 Å². The van der Waals surface area contributed by atoms with Gasteiger partial charge in [0.15, 0.2) is 0 Å². The van der Waals surface area contributed by atoms with Crippen LogP contribution in [0.25, 0.3) is 11.5 Å². The van der Waals surface area contributed by atoms with Crippen LogP contribution in [0.1, 0.15) is 37.9 Å². The van der Waals surface area contributed by atoms with Gasteiger partial charge in [0.05, 0.1) is 11.6 Å². The van der Waals surface area contributed by atoms with E-state index in [0.717, 1.165) is 24.2 Å². The van der Waals surface area contributed by atoms with Crippen molar-refractivity contribution in [3.05, 3.63) is 29.9 Å². The SMILES string of the molecule is CCNC(CC)c1nnc(-c2ccc(C)nc2)o1. The van der Waals surface area contributed by atoms with Gasteiger partial charge in [0.1, 0.15) is 0 Å². The second-order valence-corrected chi connectivity index (χ2v) is 4.15. The standard InChI is InChI=1S/C13H18N4O/c1-4-11(14-5-2)13-17-16-12(18-13)10-7-6-9(3)15-8-10/h6-8,11,14H,4-5H2,1-3H3. The highest BCUT2D eigenvalue weighted by Gasteiger charge is 2.16. The Morgan fingerprint density at radius 2 is 2.11 bits per heavy atom. The third-order valence-electron chi connectivity index (χ3n) is 2.76. The number of aryl methyl sites for hydroxylation is 1. The Morgan fingerprint density at radius 3 is 2.72 bits per heavy atom. The van der Waals surface area contributed by atoms with E-state index in [4.69, 9.17) is 4.42 Å². The first kappa shape index (κ1) is 12.7. The van der Waals surface area contributed by atoms with E-state index in [1.165, 1.54) is 0 Å². The van der Waals surface area contributed by atoms with Crippen LogP contribution < -0.4 is 5.32 Å². The Balaban J connectivity index is 2.21. The quantitative estimate of drug-likeness (QED) is 0.878. The van der Waals surface area contributed by atoms with Crippen LogP contribution in [0.2, 0.25) is 0 Å². The summed E-state index contributed by atoms with van der Waals surface area (Å²) in [6.45, 7) is 6.97. The molecule has 0 bridgehead atoms. The molecule has 0 amide bonds. The highest BCUT2D eigenvalue weighted by atomic mass is 16.4. The fraction of sp³-hybridized carbons (Fsp3) is 0.462. The van der Waals surface area contributed by atoms with Crippen molar-refractivity contribution in [2.24, 2.45) is 0 Å². The van der Waals surface area contributed by atoms with Gasteiger partial charge in [0.25, 0.3) is 0 Å². The van der Waals surface area contributed by atoms with E-state index >= 15 is 0 Å². The average molecular weight is 246 g/mol. The van der Waals surface area contributed by atoms with Gasteiger partial charge in [-0.25, -0.2) is 0 Å². The minimum Gasteiger partial charge on any atom is -0.419 e. The number of rotatable bonds is 5. The summed E-state index contributed by atoms with van der Waals surface area (Å²) in [6, 6.07) is 3.99. The number of nitrogens with zero attached hydrogens (tertiary/aromatic N) is 3. The number of hydrogen-bond acceptors (Lipinski definition) is 5. The maximum atomic E-state index is 5.69. The van der Waals surface area contributed by atoms with Gasteiger partial charge in [-0.3, -0.25) is 4.98 Å². The molecule has 2 rings (SSSR count).